The molecule has 3 aromatic carbocycles. The van der Waals surface area contributed by atoms with Gasteiger partial charge in [0.15, 0.2) is 11.5 Å². The summed E-state index contributed by atoms with van der Waals surface area (Å²) in [5.74, 6) is -0.144. The maximum atomic E-state index is 14.0. The topological polar surface area (TPSA) is 105 Å². The lowest BCUT2D eigenvalue weighted by molar-refractivity contribution is -0.139. The molecule has 0 bridgehead atoms. The first-order valence-corrected chi connectivity index (χ1v) is 15.0. The number of rotatable bonds is 14. The lowest BCUT2D eigenvalue weighted by Gasteiger charge is -2.33. The largest absolute Gasteiger partial charge is 0.493 e. The molecular formula is C31H39N3O6S. The molecule has 0 aliphatic carbocycles. The third-order valence-corrected chi connectivity index (χ3v) is 8.34. The van der Waals surface area contributed by atoms with Crippen molar-refractivity contribution in [3.8, 4) is 11.5 Å². The number of methoxy groups -OCH3 is 2. The second kappa shape index (κ2) is 14.5. The molecule has 0 saturated carbocycles. The molecule has 0 unspecified atom stereocenters. The first-order chi connectivity index (χ1) is 19.6. The molecule has 10 heteroatoms. The van der Waals surface area contributed by atoms with Gasteiger partial charge in [-0.25, -0.2) is 8.42 Å². The SMILES string of the molecule is CC[C@H](C(=O)NC(C)C)N(CCc1ccccc1)C(=O)CN(c1ccccc1)S(=O)(=O)c1ccc(OC)c(OC)c1. The molecule has 0 heterocycles. The number of amides is 2. The lowest BCUT2D eigenvalue weighted by atomic mass is 10.1. The molecule has 3 rings (SSSR count). The normalized spacial score (nSPS) is 12.0. The second-order valence-electron chi connectivity index (χ2n) is 9.77. The molecule has 1 atom stereocenters. The van der Waals surface area contributed by atoms with Crippen LogP contribution in [0.3, 0.4) is 0 Å². The van der Waals surface area contributed by atoms with E-state index in [-0.39, 0.29) is 29.1 Å². The molecule has 220 valence electrons. The zero-order chi connectivity index (χ0) is 30.0. The maximum Gasteiger partial charge on any atom is 0.264 e. The number of benzene rings is 3. The van der Waals surface area contributed by atoms with Gasteiger partial charge in [0, 0.05) is 18.7 Å². The van der Waals surface area contributed by atoms with Gasteiger partial charge in [-0.05, 0) is 56.5 Å². The fourth-order valence-corrected chi connectivity index (χ4v) is 5.93. The van der Waals surface area contributed by atoms with Crippen molar-refractivity contribution >= 4 is 27.5 Å². The zero-order valence-corrected chi connectivity index (χ0v) is 25.1. The van der Waals surface area contributed by atoms with E-state index >= 15 is 0 Å². The molecular weight excluding hydrogens is 542 g/mol. The molecule has 0 aliphatic heterocycles. The highest BCUT2D eigenvalue weighted by molar-refractivity contribution is 7.92. The van der Waals surface area contributed by atoms with Crippen LogP contribution in [0.1, 0.15) is 32.8 Å². The number of carbonyl (C=O) groups excluding carboxylic acids is 2. The Kier molecular flexibility index (Phi) is 11.2. The molecule has 0 radical (unpaired) electrons. The van der Waals surface area contributed by atoms with E-state index in [0.717, 1.165) is 9.87 Å². The quantitative estimate of drug-likeness (QED) is 0.305. The third-order valence-electron chi connectivity index (χ3n) is 6.57. The van der Waals surface area contributed by atoms with Crippen molar-refractivity contribution in [3.63, 3.8) is 0 Å². The van der Waals surface area contributed by atoms with E-state index in [4.69, 9.17) is 9.47 Å². The predicted molar refractivity (Wildman–Crippen MR) is 160 cm³/mol. The Labute approximate surface area is 243 Å². The van der Waals surface area contributed by atoms with Crippen molar-refractivity contribution in [3.05, 3.63) is 84.4 Å². The van der Waals surface area contributed by atoms with Gasteiger partial charge in [0.05, 0.1) is 24.8 Å². The summed E-state index contributed by atoms with van der Waals surface area (Å²) in [7, 11) is -1.35. The number of anilines is 1. The van der Waals surface area contributed by atoms with E-state index in [1.54, 1.807) is 30.3 Å². The number of carbonyl (C=O) groups is 2. The number of hydrogen-bond donors (Lipinski definition) is 1. The molecule has 2 amide bonds. The summed E-state index contributed by atoms with van der Waals surface area (Å²) in [5.41, 5.74) is 1.32. The van der Waals surface area contributed by atoms with Crippen molar-refractivity contribution in [2.45, 2.75) is 50.6 Å². The Morgan fingerprint density at radius 2 is 1.49 bits per heavy atom. The average molecular weight is 582 g/mol. The van der Waals surface area contributed by atoms with E-state index in [1.807, 2.05) is 51.1 Å². The number of ether oxygens (including phenoxy) is 2. The summed E-state index contributed by atoms with van der Waals surface area (Å²) < 4.78 is 39.7. The maximum absolute atomic E-state index is 14.0. The van der Waals surface area contributed by atoms with Crippen molar-refractivity contribution in [2.24, 2.45) is 0 Å². The summed E-state index contributed by atoms with van der Waals surface area (Å²) >= 11 is 0. The van der Waals surface area contributed by atoms with Gasteiger partial charge >= 0.3 is 0 Å². The summed E-state index contributed by atoms with van der Waals surface area (Å²) in [5, 5.41) is 2.90. The van der Waals surface area contributed by atoms with Crippen LogP contribution < -0.4 is 19.1 Å². The Morgan fingerprint density at radius 3 is 2.05 bits per heavy atom. The number of sulfonamides is 1. The van der Waals surface area contributed by atoms with E-state index in [1.165, 1.54) is 37.3 Å². The standard InChI is InChI=1S/C31H39N3O6S/c1-6-27(31(36)32-23(2)3)33(20-19-24-13-9-7-10-14-24)30(35)22-34(25-15-11-8-12-16-25)41(37,38)26-17-18-28(39-4)29(21-26)40-5/h7-18,21,23,27H,6,19-20,22H2,1-5H3,(H,32,36)/t27-/m1/s1. The van der Waals surface area contributed by atoms with Crippen LogP contribution in [0.4, 0.5) is 5.69 Å². The monoisotopic (exact) mass is 581 g/mol. The Hall–Kier alpha value is -4.05. The van der Waals surface area contributed by atoms with E-state index < -0.39 is 28.5 Å². The van der Waals surface area contributed by atoms with Crippen LogP contribution in [0.15, 0.2) is 83.8 Å². The molecule has 0 aliphatic rings. The minimum atomic E-state index is -4.23. The second-order valence-corrected chi connectivity index (χ2v) is 11.6. The van der Waals surface area contributed by atoms with Gasteiger partial charge in [-0.3, -0.25) is 13.9 Å². The van der Waals surface area contributed by atoms with Crippen LogP contribution in [0.25, 0.3) is 0 Å². The van der Waals surface area contributed by atoms with Crippen molar-refractivity contribution in [2.75, 3.05) is 31.6 Å². The van der Waals surface area contributed by atoms with Crippen LogP contribution in [-0.2, 0) is 26.0 Å². The van der Waals surface area contributed by atoms with Crippen molar-refractivity contribution < 1.29 is 27.5 Å². The van der Waals surface area contributed by atoms with Crippen molar-refractivity contribution in [1.82, 2.24) is 10.2 Å². The summed E-state index contributed by atoms with van der Waals surface area (Å²) in [6, 6.07) is 21.5. The summed E-state index contributed by atoms with van der Waals surface area (Å²) in [6.07, 6.45) is 0.874. The van der Waals surface area contributed by atoms with Crippen molar-refractivity contribution in [1.29, 1.82) is 0 Å². The highest BCUT2D eigenvalue weighted by Crippen LogP contribution is 2.32. The smallest absolute Gasteiger partial charge is 0.264 e. The van der Waals surface area contributed by atoms with Crippen LogP contribution in [-0.4, -0.2) is 64.5 Å². The van der Waals surface area contributed by atoms with Crippen LogP contribution in [0, 0.1) is 0 Å². The first-order valence-electron chi connectivity index (χ1n) is 13.6. The number of para-hydroxylation sites is 1. The van der Waals surface area contributed by atoms with Gasteiger partial charge in [-0.1, -0.05) is 55.5 Å². The average Bonchev–Trinajstić information content (AvgIpc) is 2.97. The van der Waals surface area contributed by atoms with Crippen LogP contribution in [0.5, 0.6) is 11.5 Å². The van der Waals surface area contributed by atoms with E-state index in [0.29, 0.717) is 24.3 Å². The fraction of sp³-hybridized carbons (Fsp3) is 0.355. The van der Waals surface area contributed by atoms with Crippen LogP contribution in [0.2, 0.25) is 0 Å². The molecule has 41 heavy (non-hydrogen) atoms. The van der Waals surface area contributed by atoms with E-state index in [9.17, 15) is 18.0 Å². The minimum Gasteiger partial charge on any atom is -0.493 e. The molecule has 0 aromatic heterocycles. The highest BCUT2D eigenvalue weighted by Gasteiger charge is 2.34. The molecule has 0 fully saturated rings. The molecule has 0 saturated heterocycles. The van der Waals surface area contributed by atoms with Gasteiger partial charge in [-0.15, -0.1) is 0 Å². The zero-order valence-electron chi connectivity index (χ0n) is 24.2. The minimum absolute atomic E-state index is 0.0627. The predicted octanol–water partition coefficient (Wildman–Crippen LogP) is 4.27. The van der Waals surface area contributed by atoms with E-state index in [2.05, 4.69) is 5.32 Å². The number of hydrogen-bond acceptors (Lipinski definition) is 6. The van der Waals surface area contributed by atoms with Crippen LogP contribution >= 0.6 is 0 Å². The first kappa shape index (κ1) is 31.5. The number of nitrogens with one attached hydrogen (secondary N) is 1. The Morgan fingerprint density at radius 1 is 0.878 bits per heavy atom. The molecule has 1 N–H and O–H groups in total. The molecule has 9 nitrogen and oxygen atoms in total. The van der Waals surface area contributed by atoms with Gasteiger partial charge in [0.1, 0.15) is 12.6 Å². The van der Waals surface area contributed by atoms with Gasteiger partial charge in [-0.2, -0.15) is 0 Å². The van der Waals surface area contributed by atoms with Gasteiger partial charge in [0.25, 0.3) is 10.0 Å². The highest BCUT2D eigenvalue weighted by atomic mass is 32.2. The Balaban J connectivity index is 2.02. The summed E-state index contributed by atoms with van der Waals surface area (Å²) in [4.78, 5) is 28.6. The van der Waals surface area contributed by atoms with Gasteiger partial charge < -0.3 is 19.7 Å². The number of nitrogens with zero attached hydrogens (tertiary/aromatic N) is 2. The molecule has 3 aromatic rings. The Bertz CT molecular complexity index is 1400. The lowest BCUT2D eigenvalue weighted by Crippen LogP contribution is -2.54. The third kappa shape index (κ3) is 8.00. The molecule has 0 spiro atoms. The fourth-order valence-electron chi connectivity index (χ4n) is 4.50. The van der Waals surface area contributed by atoms with Gasteiger partial charge in [0.2, 0.25) is 11.8 Å². The summed E-state index contributed by atoms with van der Waals surface area (Å²) in [6.45, 7) is 5.29.